The average molecular weight is 757 g/mol. The number of carbonyl (C=O) groups excluding carboxylic acids is 1. The van der Waals surface area contributed by atoms with Crippen LogP contribution in [0.5, 0.6) is 0 Å². The summed E-state index contributed by atoms with van der Waals surface area (Å²) in [5, 5.41) is 23.2. The maximum absolute atomic E-state index is 12.3. The van der Waals surface area contributed by atoms with E-state index >= 15 is 0 Å². The highest BCUT2D eigenvalue weighted by molar-refractivity contribution is 6.57. The molecule has 0 spiro atoms. The quantitative estimate of drug-likeness (QED) is 0.0849. The molecule has 0 aliphatic carbocycles. The standard InChI is InChI=1S/C46H56N6O4/c1-11-28-24(7)39-41-26(9)30(13-3)43(51-41)44-31(14-4)27(10)42(52-44)40-25(8)29(12-2)37(50-40)21-35-23(6)33(17-18-38(54)56-55)46(48-35)45-32(16-15-19-53)22(5)34(47-45)20-36(28)49-39/h20-21,47-50,53,55H,11-19H2,1-10H3. The summed E-state index contributed by atoms with van der Waals surface area (Å²) in [5.74, 6) is -0.685. The molecule has 10 heteroatoms. The van der Waals surface area contributed by atoms with E-state index in [1.54, 1.807) is 0 Å². The van der Waals surface area contributed by atoms with E-state index in [0.29, 0.717) is 19.3 Å². The zero-order valence-electron chi connectivity index (χ0n) is 34.6. The van der Waals surface area contributed by atoms with Crippen molar-refractivity contribution >= 4 is 40.9 Å². The highest BCUT2D eigenvalue weighted by atomic mass is 17.1. The lowest BCUT2D eigenvalue weighted by Crippen LogP contribution is -2.16. The second kappa shape index (κ2) is 15.4. The fraction of sp³-hybridized carbons (Fsp3) is 0.413. The number of nitrogens with one attached hydrogen (secondary N) is 4. The molecule has 0 aromatic carbocycles. The minimum atomic E-state index is -0.685. The molecule has 6 N–H and O–H groups in total. The lowest BCUT2D eigenvalue weighted by atomic mass is 9.94. The van der Waals surface area contributed by atoms with Crippen LogP contribution in [0, 0.1) is 27.7 Å². The number of aliphatic hydroxyl groups is 1. The van der Waals surface area contributed by atoms with Crippen molar-refractivity contribution in [3.8, 4) is 11.4 Å². The van der Waals surface area contributed by atoms with Gasteiger partial charge in [-0.1, -0.05) is 27.7 Å². The van der Waals surface area contributed by atoms with E-state index in [9.17, 15) is 9.90 Å². The number of allylic oxidation sites excluding steroid dienone is 2. The number of H-pyrrole nitrogens is 4. The Morgan fingerprint density at radius 1 is 0.625 bits per heavy atom. The molecule has 7 heterocycles. The molecule has 4 aromatic rings. The first kappa shape index (κ1) is 39.1. The number of aromatic nitrogens is 4. The third-order valence-electron chi connectivity index (χ3n) is 12.5. The van der Waals surface area contributed by atoms with E-state index in [-0.39, 0.29) is 13.0 Å². The van der Waals surface area contributed by atoms with Crippen LogP contribution in [0.25, 0.3) is 34.9 Å². The molecule has 0 atom stereocenters. The van der Waals surface area contributed by atoms with Gasteiger partial charge in [0.15, 0.2) is 0 Å². The van der Waals surface area contributed by atoms with Gasteiger partial charge in [0.05, 0.1) is 51.3 Å². The Morgan fingerprint density at radius 2 is 1.07 bits per heavy atom. The zero-order chi connectivity index (χ0) is 40.2. The van der Waals surface area contributed by atoms with Crippen LogP contribution in [0.3, 0.4) is 0 Å². The molecule has 7 rings (SSSR count). The molecule has 10 nitrogen and oxygen atoms in total. The average Bonchev–Trinajstić information content (AvgIpc) is 4.00. The second-order valence-electron chi connectivity index (χ2n) is 15.4. The Hall–Kier alpha value is -5.19. The first-order valence-electron chi connectivity index (χ1n) is 20.3. The third kappa shape index (κ3) is 6.23. The van der Waals surface area contributed by atoms with Crippen LogP contribution >= 0.6 is 0 Å². The smallest absolute Gasteiger partial charge is 0.342 e. The monoisotopic (exact) mass is 756 g/mol. The van der Waals surface area contributed by atoms with E-state index in [1.165, 1.54) is 44.5 Å². The van der Waals surface area contributed by atoms with Gasteiger partial charge in [0.25, 0.3) is 0 Å². The first-order valence-corrected chi connectivity index (χ1v) is 20.3. The lowest BCUT2D eigenvalue weighted by molar-refractivity contribution is -0.234. The minimum absolute atomic E-state index is 0.0170. The molecule has 0 unspecified atom stereocenters. The summed E-state index contributed by atoms with van der Waals surface area (Å²) in [7, 11) is 0. The summed E-state index contributed by atoms with van der Waals surface area (Å²) in [6.07, 6.45) is 9.39. The Balaban J connectivity index is 1.66. The van der Waals surface area contributed by atoms with Crippen molar-refractivity contribution in [2.24, 2.45) is 9.98 Å². The Bertz CT molecular complexity index is 2680. The summed E-state index contributed by atoms with van der Waals surface area (Å²) in [4.78, 5) is 42.5. The molecule has 0 saturated carbocycles. The maximum Gasteiger partial charge on any atom is 0.342 e. The highest BCUT2D eigenvalue weighted by Crippen LogP contribution is 2.37. The Labute approximate surface area is 328 Å². The summed E-state index contributed by atoms with van der Waals surface area (Å²) >= 11 is 0. The van der Waals surface area contributed by atoms with Crippen molar-refractivity contribution in [3.63, 3.8) is 0 Å². The third-order valence-corrected chi connectivity index (χ3v) is 12.5. The number of carbonyl (C=O) groups is 1. The first-order chi connectivity index (χ1) is 26.9. The van der Waals surface area contributed by atoms with Crippen molar-refractivity contribution in [1.29, 1.82) is 0 Å². The van der Waals surface area contributed by atoms with E-state index in [1.807, 2.05) is 0 Å². The number of aromatic amines is 4. The van der Waals surface area contributed by atoms with E-state index in [4.69, 9.17) is 15.2 Å². The van der Waals surface area contributed by atoms with Gasteiger partial charge < -0.3 is 29.9 Å². The van der Waals surface area contributed by atoms with Gasteiger partial charge in [-0.25, -0.2) is 14.8 Å². The number of rotatable bonds is 10. The van der Waals surface area contributed by atoms with Gasteiger partial charge in [0.2, 0.25) is 0 Å². The predicted molar refractivity (Wildman–Crippen MR) is 226 cm³/mol. The molecule has 0 fully saturated rings. The zero-order valence-corrected chi connectivity index (χ0v) is 34.6. The van der Waals surface area contributed by atoms with E-state index < -0.39 is 5.97 Å². The van der Waals surface area contributed by atoms with E-state index in [0.717, 1.165) is 115 Å². The summed E-state index contributed by atoms with van der Waals surface area (Å²) in [5.41, 5.74) is 21.3. The molecule has 56 heavy (non-hydrogen) atoms. The molecular weight excluding hydrogens is 701 g/mol. The molecule has 294 valence electrons. The van der Waals surface area contributed by atoms with Crippen molar-refractivity contribution in [2.75, 3.05) is 6.61 Å². The maximum atomic E-state index is 12.3. The van der Waals surface area contributed by atoms with Gasteiger partial charge in [-0.15, -0.1) is 0 Å². The van der Waals surface area contributed by atoms with Crippen molar-refractivity contribution in [3.05, 3.63) is 99.6 Å². The molecule has 3 aliphatic heterocycles. The van der Waals surface area contributed by atoms with Gasteiger partial charge in [0.1, 0.15) is 0 Å². The van der Waals surface area contributed by atoms with Crippen molar-refractivity contribution in [2.45, 2.75) is 121 Å². The molecule has 3 aliphatic rings. The Kier molecular flexibility index (Phi) is 10.7. The molecule has 4 aromatic heterocycles. The Morgan fingerprint density at radius 3 is 1.46 bits per heavy atom. The van der Waals surface area contributed by atoms with Gasteiger partial charge in [-0.3, -0.25) is 0 Å². The molecule has 0 radical (unpaired) electrons. The van der Waals surface area contributed by atoms with Crippen molar-refractivity contribution < 1.29 is 20.0 Å². The number of fused-ring (bicyclic) bond motifs is 12. The van der Waals surface area contributed by atoms with Crippen LogP contribution in [0.2, 0.25) is 0 Å². The SMILES string of the molecule is CCC1=C(C)C2=c3[nH]c(c(CC)c3C)=Cc3[nH]c(c(CCCO)c3C)-c3[nH]c(c(C)c3CCC(=O)OO)C=c3[nH]c(c(C)c3CC)=C3N=C(C1=N2)C(CC)=C3C. The molecular formula is C46H56N6O4. The van der Waals surface area contributed by atoms with Crippen LogP contribution in [-0.2, 0) is 35.4 Å². The number of aliphatic imine (C=N–C) groups is 2. The van der Waals surface area contributed by atoms with Gasteiger partial charge in [0, 0.05) is 28.7 Å². The highest BCUT2D eigenvalue weighted by Gasteiger charge is 2.32. The van der Waals surface area contributed by atoms with Crippen LogP contribution in [0.15, 0.2) is 32.3 Å². The fourth-order valence-corrected chi connectivity index (χ4v) is 9.32. The van der Waals surface area contributed by atoms with Gasteiger partial charge >= 0.3 is 5.97 Å². The van der Waals surface area contributed by atoms with Gasteiger partial charge in [-0.2, -0.15) is 5.26 Å². The number of aliphatic hydroxyl groups excluding tert-OH is 1. The van der Waals surface area contributed by atoms with Crippen LogP contribution in [0.1, 0.15) is 123 Å². The largest absolute Gasteiger partial charge is 0.396 e. The molecule has 0 amide bonds. The number of hydrogen-bond acceptors (Lipinski definition) is 6. The normalized spacial score (nSPS) is 15.1. The van der Waals surface area contributed by atoms with Crippen molar-refractivity contribution in [1.82, 2.24) is 19.9 Å². The number of hydrogen-bond donors (Lipinski definition) is 6. The topological polar surface area (TPSA) is 155 Å². The predicted octanol–water partition coefficient (Wildman–Crippen LogP) is 6.15. The fourth-order valence-electron chi connectivity index (χ4n) is 9.32. The molecule has 12 bridgehead atoms. The van der Waals surface area contributed by atoms with Gasteiger partial charge in [-0.05, 0) is 165 Å². The van der Waals surface area contributed by atoms with Crippen LogP contribution in [0.4, 0.5) is 0 Å². The second-order valence-corrected chi connectivity index (χ2v) is 15.4. The van der Waals surface area contributed by atoms with Crippen LogP contribution in [-0.4, -0.2) is 54.3 Å². The summed E-state index contributed by atoms with van der Waals surface area (Å²) in [6, 6.07) is 0. The van der Waals surface area contributed by atoms with E-state index in [2.05, 4.69) is 106 Å². The summed E-state index contributed by atoms with van der Waals surface area (Å²) < 4.78 is 0. The van der Waals surface area contributed by atoms with Crippen LogP contribution < -0.4 is 21.4 Å². The number of nitrogens with zero attached hydrogens (tertiary/aromatic N) is 2. The summed E-state index contributed by atoms with van der Waals surface area (Å²) in [6.45, 7) is 21.8. The molecule has 0 saturated heterocycles. The lowest BCUT2D eigenvalue weighted by Gasteiger charge is -2.08. The minimum Gasteiger partial charge on any atom is -0.396 e.